The third-order valence-corrected chi connectivity index (χ3v) is 5.62. The number of piperidine rings is 1. The maximum atomic E-state index is 14.0. The Morgan fingerprint density at radius 3 is 2.41 bits per heavy atom. The monoisotopic (exact) mass is 444 g/mol. The fraction of sp³-hybridized carbons (Fsp3) is 0.417. The van der Waals surface area contributed by atoms with E-state index in [4.69, 9.17) is 14.2 Å². The van der Waals surface area contributed by atoms with Gasteiger partial charge in [-0.25, -0.2) is 4.39 Å². The maximum absolute atomic E-state index is 14.0. The first-order chi connectivity index (χ1) is 15.4. The Morgan fingerprint density at radius 2 is 1.78 bits per heavy atom. The molecule has 0 unspecified atom stereocenters. The number of nitrogens with zero attached hydrogens (tertiary/aromatic N) is 1. The number of hydrogen-bond acceptors (Lipinski definition) is 5. The van der Waals surface area contributed by atoms with Crippen LogP contribution in [0.1, 0.15) is 36.0 Å². The van der Waals surface area contributed by atoms with Crippen molar-refractivity contribution in [1.82, 2.24) is 4.90 Å². The van der Waals surface area contributed by atoms with E-state index in [9.17, 15) is 14.0 Å². The van der Waals surface area contributed by atoms with Crippen LogP contribution in [-0.2, 0) is 4.79 Å². The molecule has 2 aromatic rings. The second-order valence-electron chi connectivity index (χ2n) is 7.80. The standard InChI is InChI=1S/C24H29FN2O5/c1-30-19-12-18(13-20(14-19)31-2)26-23(28)9-6-16-5-4-10-27(15-16)24(29)17-7-8-22(32-3)21(25)11-17/h7-8,11-14,16H,4-6,9-10,15H2,1-3H3,(H,26,28)/t16-/m0/s1. The molecule has 2 amide bonds. The second-order valence-corrected chi connectivity index (χ2v) is 7.80. The van der Waals surface area contributed by atoms with Crippen molar-refractivity contribution >= 4 is 17.5 Å². The van der Waals surface area contributed by atoms with Crippen LogP contribution in [0.3, 0.4) is 0 Å². The van der Waals surface area contributed by atoms with Gasteiger partial charge in [-0.3, -0.25) is 9.59 Å². The molecular formula is C24H29FN2O5. The van der Waals surface area contributed by atoms with E-state index in [1.54, 1.807) is 43.4 Å². The minimum Gasteiger partial charge on any atom is -0.497 e. The van der Waals surface area contributed by atoms with Crippen molar-refractivity contribution in [2.45, 2.75) is 25.7 Å². The van der Waals surface area contributed by atoms with Crippen LogP contribution in [0.4, 0.5) is 10.1 Å². The van der Waals surface area contributed by atoms with Crippen molar-refractivity contribution in [3.8, 4) is 17.2 Å². The molecule has 1 aliphatic rings. The fourth-order valence-corrected chi connectivity index (χ4v) is 3.91. The van der Waals surface area contributed by atoms with E-state index in [1.807, 2.05) is 0 Å². The molecule has 0 bridgehead atoms. The summed E-state index contributed by atoms with van der Waals surface area (Å²) in [4.78, 5) is 27.0. The fourth-order valence-electron chi connectivity index (χ4n) is 3.91. The molecular weight excluding hydrogens is 415 g/mol. The molecule has 172 valence electrons. The molecule has 32 heavy (non-hydrogen) atoms. The number of amides is 2. The van der Waals surface area contributed by atoms with Gasteiger partial charge in [0.2, 0.25) is 5.91 Å². The number of rotatable bonds is 8. The largest absolute Gasteiger partial charge is 0.497 e. The molecule has 1 atom stereocenters. The van der Waals surface area contributed by atoms with Crippen LogP contribution in [0.15, 0.2) is 36.4 Å². The number of anilines is 1. The Labute approximate surface area is 187 Å². The summed E-state index contributed by atoms with van der Waals surface area (Å²) in [5.74, 6) is 0.633. The average molecular weight is 445 g/mol. The normalized spacial score (nSPS) is 15.8. The van der Waals surface area contributed by atoms with Gasteiger partial charge in [-0.1, -0.05) is 0 Å². The van der Waals surface area contributed by atoms with Gasteiger partial charge in [0.1, 0.15) is 11.5 Å². The zero-order valence-corrected chi connectivity index (χ0v) is 18.7. The van der Waals surface area contributed by atoms with Crippen LogP contribution in [0.2, 0.25) is 0 Å². The lowest BCUT2D eigenvalue weighted by Gasteiger charge is -2.33. The maximum Gasteiger partial charge on any atom is 0.253 e. The lowest BCUT2D eigenvalue weighted by molar-refractivity contribution is -0.116. The number of likely N-dealkylation sites (tertiary alicyclic amines) is 1. The van der Waals surface area contributed by atoms with E-state index in [0.29, 0.717) is 48.7 Å². The minimum absolute atomic E-state index is 0.109. The molecule has 1 aliphatic heterocycles. The van der Waals surface area contributed by atoms with E-state index >= 15 is 0 Å². The summed E-state index contributed by atoms with van der Waals surface area (Å²) in [6, 6.07) is 9.44. The summed E-state index contributed by atoms with van der Waals surface area (Å²) in [5.41, 5.74) is 0.904. The van der Waals surface area contributed by atoms with Crippen molar-refractivity contribution in [3.05, 3.63) is 47.8 Å². The van der Waals surface area contributed by atoms with Crippen LogP contribution in [0.25, 0.3) is 0 Å². The number of carbonyl (C=O) groups excluding carboxylic acids is 2. The molecule has 0 aliphatic carbocycles. The van der Waals surface area contributed by atoms with Gasteiger partial charge < -0.3 is 24.4 Å². The smallest absolute Gasteiger partial charge is 0.253 e. The van der Waals surface area contributed by atoms with Gasteiger partial charge in [0.05, 0.1) is 21.3 Å². The van der Waals surface area contributed by atoms with Gasteiger partial charge in [-0.05, 0) is 43.4 Å². The number of halogens is 1. The number of nitrogens with one attached hydrogen (secondary N) is 1. The SMILES string of the molecule is COc1cc(NC(=O)CC[C@@H]2CCCN(C(=O)c3ccc(OC)c(F)c3)C2)cc(OC)c1. The number of methoxy groups -OCH3 is 3. The molecule has 3 rings (SSSR count). The van der Waals surface area contributed by atoms with Gasteiger partial charge in [-0.15, -0.1) is 0 Å². The molecule has 0 spiro atoms. The summed E-state index contributed by atoms with van der Waals surface area (Å²) in [6.45, 7) is 1.17. The van der Waals surface area contributed by atoms with Crippen molar-refractivity contribution in [2.75, 3.05) is 39.7 Å². The Bertz CT molecular complexity index is 943. The quantitative estimate of drug-likeness (QED) is 0.663. The molecule has 2 aromatic carbocycles. The van der Waals surface area contributed by atoms with Gasteiger partial charge in [0.15, 0.2) is 11.6 Å². The first kappa shape index (κ1) is 23.4. The van der Waals surface area contributed by atoms with Gasteiger partial charge in [0.25, 0.3) is 5.91 Å². The third kappa shape index (κ3) is 5.90. The molecule has 7 nitrogen and oxygen atoms in total. The van der Waals surface area contributed by atoms with Crippen LogP contribution in [-0.4, -0.2) is 51.1 Å². The zero-order valence-electron chi connectivity index (χ0n) is 18.7. The minimum atomic E-state index is -0.558. The zero-order chi connectivity index (χ0) is 23.1. The van der Waals surface area contributed by atoms with Crippen molar-refractivity contribution in [1.29, 1.82) is 0 Å². The first-order valence-electron chi connectivity index (χ1n) is 10.6. The Hall–Kier alpha value is -3.29. The predicted molar refractivity (Wildman–Crippen MR) is 119 cm³/mol. The molecule has 0 aromatic heterocycles. The molecule has 0 saturated carbocycles. The van der Waals surface area contributed by atoms with Gasteiger partial charge in [0, 0.05) is 49.0 Å². The summed E-state index contributed by atoms with van der Waals surface area (Å²) < 4.78 is 29.3. The van der Waals surface area contributed by atoms with E-state index in [1.165, 1.54) is 19.2 Å². The summed E-state index contributed by atoms with van der Waals surface area (Å²) in [5, 5.41) is 2.87. The number of ether oxygens (including phenoxy) is 3. The molecule has 1 saturated heterocycles. The molecule has 1 fully saturated rings. The molecule has 8 heteroatoms. The summed E-state index contributed by atoms with van der Waals surface area (Å²) in [6.07, 6.45) is 2.79. The second kappa shape index (κ2) is 10.8. The van der Waals surface area contributed by atoms with Gasteiger partial charge >= 0.3 is 0 Å². The highest BCUT2D eigenvalue weighted by Gasteiger charge is 2.25. The van der Waals surface area contributed by atoms with Crippen molar-refractivity contribution in [3.63, 3.8) is 0 Å². The Morgan fingerprint density at radius 1 is 1.06 bits per heavy atom. The lowest BCUT2D eigenvalue weighted by atomic mass is 9.92. The summed E-state index contributed by atoms with van der Waals surface area (Å²) in [7, 11) is 4.49. The number of benzene rings is 2. The van der Waals surface area contributed by atoms with Crippen molar-refractivity contribution < 1.29 is 28.2 Å². The van der Waals surface area contributed by atoms with E-state index in [-0.39, 0.29) is 23.5 Å². The Kier molecular flexibility index (Phi) is 7.92. The molecule has 1 N–H and O–H groups in total. The highest BCUT2D eigenvalue weighted by atomic mass is 19.1. The van der Waals surface area contributed by atoms with Crippen LogP contribution >= 0.6 is 0 Å². The highest BCUT2D eigenvalue weighted by Crippen LogP contribution is 2.27. The van der Waals surface area contributed by atoms with Crippen LogP contribution in [0.5, 0.6) is 17.2 Å². The predicted octanol–water partition coefficient (Wildman–Crippen LogP) is 4.12. The van der Waals surface area contributed by atoms with Crippen LogP contribution < -0.4 is 19.5 Å². The number of carbonyl (C=O) groups is 2. The highest BCUT2D eigenvalue weighted by molar-refractivity contribution is 5.94. The van der Waals surface area contributed by atoms with E-state index in [0.717, 1.165) is 12.8 Å². The topological polar surface area (TPSA) is 77.1 Å². The van der Waals surface area contributed by atoms with E-state index < -0.39 is 5.82 Å². The third-order valence-electron chi connectivity index (χ3n) is 5.62. The lowest BCUT2D eigenvalue weighted by Crippen LogP contribution is -2.40. The first-order valence-corrected chi connectivity index (χ1v) is 10.6. The summed E-state index contributed by atoms with van der Waals surface area (Å²) >= 11 is 0. The average Bonchev–Trinajstić information content (AvgIpc) is 2.82. The Balaban J connectivity index is 1.54. The van der Waals surface area contributed by atoms with Crippen LogP contribution in [0, 0.1) is 11.7 Å². The van der Waals surface area contributed by atoms with E-state index in [2.05, 4.69) is 5.32 Å². The molecule has 1 heterocycles. The van der Waals surface area contributed by atoms with Crippen molar-refractivity contribution in [2.24, 2.45) is 5.92 Å². The molecule has 0 radical (unpaired) electrons. The number of hydrogen-bond donors (Lipinski definition) is 1. The van der Waals surface area contributed by atoms with Gasteiger partial charge in [-0.2, -0.15) is 0 Å².